The minimum absolute atomic E-state index is 0.0376. The number of aromatic nitrogens is 1. The molecular formula is C13H20N4O2. The number of carbonyl (C=O) groups is 2. The summed E-state index contributed by atoms with van der Waals surface area (Å²) in [5.74, 6) is -0.261. The molecule has 0 aliphatic carbocycles. The summed E-state index contributed by atoms with van der Waals surface area (Å²) in [5.41, 5.74) is 6.29. The smallest absolute Gasteiger partial charge is 0.269 e. The van der Waals surface area contributed by atoms with E-state index >= 15 is 0 Å². The Balaban J connectivity index is 2.39. The fourth-order valence-corrected chi connectivity index (χ4v) is 1.65. The van der Waals surface area contributed by atoms with Crippen LogP contribution in [0.5, 0.6) is 0 Å². The Kier molecular flexibility index (Phi) is 5.78. The summed E-state index contributed by atoms with van der Waals surface area (Å²) < 4.78 is 0. The molecule has 0 saturated carbocycles. The molecule has 0 unspecified atom stereocenters. The van der Waals surface area contributed by atoms with E-state index in [1.165, 1.54) is 6.20 Å². The molecule has 1 aromatic rings. The van der Waals surface area contributed by atoms with Crippen LogP contribution in [0.15, 0.2) is 18.3 Å². The molecule has 0 aromatic carbocycles. The van der Waals surface area contributed by atoms with Gasteiger partial charge in [0.1, 0.15) is 5.69 Å². The fourth-order valence-electron chi connectivity index (χ4n) is 1.65. The molecule has 0 bridgehead atoms. The van der Waals surface area contributed by atoms with Gasteiger partial charge in [-0.05, 0) is 26.0 Å². The Morgan fingerprint density at radius 2 is 2.00 bits per heavy atom. The minimum atomic E-state index is -0.299. The lowest BCUT2D eigenvalue weighted by atomic mass is 10.3. The van der Waals surface area contributed by atoms with Crippen molar-refractivity contribution in [2.24, 2.45) is 0 Å². The van der Waals surface area contributed by atoms with E-state index < -0.39 is 0 Å². The Hall–Kier alpha value is -2.11. The molecule has 1 aromatic heterocycles. The third-order valence-electron chi connectivity index (χ3n) is 2.76. The maximum atomic E-state index is 11.7. The van der Waals surface area contributed by atoms with Crippen LogP contribution in [-0.2, 0) is 4.79 Å². The standard InChI is InChI=1S/C13H20N4O2/c1-3-17(4-2)12(18)7-8-15-13(19)11-6-5-10(14)9-16-11/h5-6,9H,3-4,7-8,14H2,1-2H3,(H,15,19). The second kappa shape index (κ2) is 7.35. The molecule has 0 fully saturated rings. The summed E-state index contributed by atoms with van der Waals surface area (Å²) in [4.78, 5) is 29.1. The van der Waals surface area contributed by atoms with E-state index in [4.69, 9.17) is 5.73 Å². The molecule has 0 atom stereocenters. The second-order valence-corrected chi connectivity index (χ2v) is 4.05. The van der Waals surface area contributed by atoms with E-state index in [2.05, 4.69) is 10.3 Å². The highest BCUT2D eigenvalue weighted by Crippen LogP contribution is 2.01. The van der Waals surface area contributed by atoms with Crippen LogP contribution in [0.25, 0.3) is 0 Å². The summed E-state index contributed by atoms with van der Waals surface area (Å²) in [7, 11) is 0. The van der Waals surface area contributed by atoms with Crippen molar-refractivity contribution in [3.63, 3.8) is 0 Å². The first-order valence-corrected chi connectivity index (χ1v) is 6.36. The first-order chi connectivity index (χ1) is 9.08. The van der Waals surface area contributed by atoms with Gasteiger partial charge >= 0.3 is 0 Å². The van der Waals surface area contributed by atoms with E-state index in [0.29, 0.717) is 37.4 Å². The zero-order valence-corrected chi connectivity index (χ0v) is 11.3. The van der Waals surface area contributed by atoms with Crippen LogP contribution in [0.3, 0.4) is 0 Å². The molecule has 0 aliphatic rings. The molecule has 0 aliphatic heterocycles. The monoisotopic (exact) mass is 264 g/mol. The summed E-state index contributed by atoms with van der Waals surface area (Å²) in [6.07, 6.45) is 1.72. The van der Waals surface area contributed by atoms with E-state index in [1.54, 1.807) is 17.0 Å². The molecule has 104 valence electrons. The van der Waals surface area contributed by atoms with Gasteiger partial charge < -0.3 is 16.0 Å². The van der Waals surface area contributed by atoms with Gasteiger partial charge in [0.2, 0.25) is 5.91 Å². The topological polar surface area (TPSA) is 88.3 Å². The van der Waals surface area contributed by atoms with E-state index in [0.717, 1.165) is 0 Å². The number of nitrogens with one attached hydrogen (secondary N) is 1. The van der Waals surface area contributed by atoms with Crippen molar-refractivity contribution in [3.05, 3.63) is 24.0 Å². The predicted molar refractivity (Wildman–Crippen MR) is 73.5 cm³/mol. The summed E-state index contributed by atoms with van der Waals surface area (Å²) in [6, 6.07) is 3.17. The van der Waals surface area contributed by atoms with Crippen molar-refractivity contribution in [1.82, 2.24) is 15.2 Å². The maximum Gasteiger partial charge on any atom is 0.269 e. The van der Waals surface area contributed by atoms with Crippen LogP contribution in [0, 0.1) is 0 Å². The molecule has 2 amide bonds. The van der Waals surface area contributed by atoms with Gasteiger partial charge in [-0.25, -0.2) is 4.98 Å². The normalized spacial score (nSPS) is 10.0. The van der Waals surface area contributed by atoms with Gasteiger partial charge in [0, 0.05) is 26.1 Å². The highest BCUT2D eigenvalue weighted by atomic mass is 16.2. The number of rotatable bonds is 6. The number of pyridine rings is 1. The molecule has 0 radical (unpaired) electrons. The lowest BCUT2D eigenvalue weighted by molar-refractivity contribution is -0.130. The van der Waals surface area contributed by atoms with Crippen LogP contribution in [0.1, 0.15) is 30.8 Å². The average molecular weight is 264 g/mol. The third-order valence-corrected chi connectivity index (χ3v) is 2.76. The molecule has 3 N–H and O–H groups in total. The Bertz CT molecular complexity index is 427. The van der Waals surface area contributed by atoms with Crippen LogP contribution < -0.4 is 11.1 Å². The maximum absolute atomic E-state index is 11.7. The van der Waals surface area contributed by atoms with Crippen molar-refractivity contribution in [1.29, 1.82) is 0 Å². The van der Waals surface area contributed by atoms with Crippen LogP contribution in [0.4, 0.5) is 5.69 Å². The molecule has 6 heteroatoms. The van der Waals surface area contributed by atoms with Gasteiger partial charge in [0.25, 0.3) is 5.91 Å². The zero-order chi connectivity index (χ0) is 14.3. The number of nitrogens with zero attached hydrogens (tertiary/aromatic N) is 2. The minimum Gasteiger partial charge on any atom is -0.397 e. The summed E-state index contributed by atoms with van der Waals surface area (Å²) in [6.45, 7) is 5.53. The van der Waals surface area contributed by atoms with Gasteiger partial charge in [-0.1, -0.05) is 0 Å². The van der Waals surface area contributed by atoms with Crippen LogP contribution in [-0.4, -0.2) is 41.3 Å². The highest BCUT2D eigenvalue weighted by molar-refractivity contribution is 5.92. The summed E-state index contributed by atoms with van der Waals surface area (Å²) >= 11 is 0. The van der Waals surface area contributed by atoms with E-state index in [-0.39, 0.29) is 11.8 Å². The van der Waals surface area contributed by atoms with Gasteiger partial charge in [-0.15, -0.1) is 0 Å². The number of nitrogen functional groups attached to an aromatic ring is 1. The van der Waals surface area contributed by atoms with Crippen molar-refractivity contribution in [2.75, 3.05) is 25.4 Å². The molecule has 0 spiro atoms. The first kappa shape index (κ1) is 14.9. The number of nitrogens with two attached hydrogens (primary N) is 1. The summed E-state index contributed by atoms with van der Waals surface area (Å²) in [5, 5.41) is 2.66. The second-order valence-electron chi connectivity index (χ2n) is 4.05. The molecule has 6 nitrogen and oxygen atoms in total. The zero-order valence-electron chi connectivity index (χ0n) is 11.3. The van der Waals surface area contributed by atoms with Gasteiger partial charge in [-0.2, -0.15) is 0 Å². The quantitative estimate of drug-likeness (QED) is 0.789. The SMILES string of the molecule is CCN(CC)C(=O)CCNC(=O)c1ccc(N)cn1. The molecule has 19 heavy (non-hydrogen) atoms. The van der Waals surface area contributed by atoms with Crippen molar-refractivity contribution in [2.45, 2.75) is 20.3 Å². The predicted octanol–water partition coefficient (Wildman–Crippen LogP) is 0.652. The third kappa shape index (κ3) is 4.57. The molecule has 1 heterocycles. The number of hydrogen-bond acceptors (Lipinski definition) is 4. The van der Waals surface area contributed by atoms with Crippen molar-refractivity contribution in [3.8, 4) is 0 Å². The fraction of sp³-hybridized carbons (Fsp3) is 0.462. The lowest BCUT2D eigenvalue weighted by Gasteiger charge is -2.18. The van der Waals surface area contributed by atoms with Gasteiger partial charge in [-0.3, -0.25) is 9.59 Å². The molecule has 1 rings (SSSR count). The largest absolute Gasteiger partial charge is 0.397 e. The number of carbonyl (C=O) groups excluding carboxylic acids is 2. The number of anilines is 1. The Morgan fingerprint density at radius 3 is 2.53 bits per heavy atom. The van der Waals surface area contributed by atoms with Gasteiger partial charge in [0.05, 0.1) is 11.9 Å². The number of hydrogen-bond donors (Lipinski definition) is 2. The average Bonchev–Trinajstić information content (AvgIpc) is 2.40. The van der Waals surface area contributed by atoms with Crippen molar-refractivity contribution >= 4 is 17.5 Å². The van der Waals surface area contributed by atoms with Crippen molar-refractivity contribution < 1.29 is 9.59 Å². The lowest BCUT2D eigenvalue weighted by Crippen LogP contribution is -2.34. The Morgan fingerprint density at radius 1 is 1.32 bits per heavy atom. The Labute approximate surface area is 113 Å². The van der Waals surface area contributed by atoms with Crippen LogP contribution >= 0.6 is 0 Å². The van der Waals surface area contributed by atoms with Gasteiger partial charge in [0.15, 0.2) is 0 Å². The first-order valence-electron chi connectivity index (χ1n) is 6.36. The number of amides is 2. The van der Waals surface area contributed by atoms with E-state index in [1.807, 2.05) is 13.8 Å². The molecular weight excluding hydrogens is 244 g/mol. The van der Waals surface area contributed by atoms with E-state index in [9.17, 15) is 9.59 Å². The highest BCUT2D eigenvalue weighted by Gasteiger charge is 2.11. The molecule has 0 saturated heterocycles. The van der Waals surface area contributed by atoms with Crippen LogP contribution in [0.2, 0.25) is 0 Å².